The lowest BCUT2D eigenvalue weighted by Gasteiger charge is -2.19. The fourth-order valence-corrected chi connectivity index (χ4v) is 8.09. The van der Waals surface area contributed by atoms with Gasteiger partial charge in [0.2, 0.25) is 0 Å². The molecule has 0 amide bonds. The van der Waals surface area contributed by atoms with Crippen LogP contribution in [0.3, 0.4) is 0 Å². The Hall–Kier alpha value is -1.51. The first-order chi connectivity index (χ1) is 29.3. The van der Waals surface area contributed by atoms with Crippen LogP contribution in [0, 0.1) is 0 Å². The van der Waals surface area contributed by atoms with Gasteiger partial charge in [-0.1, -0.05) is 224 Å². The molecular formula is C50H96NO8P. The van der Waals surface area contributed by atoms with E-state index < -0.39 is 32.5 Å². The number of phosphoric ester groups is 1. The van der Waals surface area contributed by atoms with Gasteiger partial charge in [-0.05, 0) is 38.5 Å². The lowest BCUT2D eigenvalue weighted by atomic mass is 10.0. The Bertz CT molecular complexity index is 1040. The van der Waals surface area contributed by atoms with E-state index >= 15 is 0 Å². The number of hydrogen-bond acceptors (Lipinski definition) is 8. The molecule has 9 nitrogen and oxygen atoms in total. The van der Waals surface area contributed by atoms with Gasteiger partial charge in [0.15, 0.2) is 6.10 Å². The quantitative estimate of drug-likeness (QED) is 0.0265. The van der Waals surface area contributed by atoms with Crippen molar-refractivity contribution in [3.8, 4) is 0 Å². The standard InChI is InChI=1S/C50H96NO8P/c1-3-5-7-9-11-13-15-17-19-21-22-23-24-25-27-29-31-33-35-37-39-41-43-50(53)59-48(47-58-60(54,55)57-45-44-51)46-56-49(52)42-40-38-36-34-32-30-28-26-20-18-16-14-12-10-8-6-4-2/h28,30,34,36,48H,3-27,29,31-33,35,37-47,51H2,1-2H3,(H,54,55)/b30-28+,36-34+/t48-/m1/s1. The van der Waals surface area contributed by atoms with Crippen molar-refractivity contribution in [2.24, 2.45) is 5.73 Å². The fraction of sp³-hybridized carbons (Fsp3) is 0.880. The van der Waals surface area contributed by atoms with Gasteiger partial charge in [0.1, 0.15) is 6.61 Å². The van der Waals surface area contributed by atoms with Crippen LogP contribution in [0.2, 0.25) is 0 Å². The zero-order chi connectivity index (χ0) is 43.9. The second-order valence-corrected chi connectivity index (χ2v) is 18.5. The highest BCUT2D eigenvalue weighted by Crippen LogP contribution is 2.43. The predicted octanol–water partition coefficient (Wildman–Crippen LogP) is 15.1. The van der Waals surface area contributed by atoms with Crippen LogP contribution >= 0.6 is 7.82 Å². The average molecular weight is 870 g/mol. The molecule has 0 aromatic rings. The largest absolute Gasteiger partial charge is 0.472 e. The highest BCUT2D eigenvalue weighted by atomic mass is 31.2. The van der Waals surface area contributed by atoms with Crippen LogP contribution < -0.4 is 5.73 Å². The van der Waals surface area contributed by atoms with E-state index in [4.69, 9.17) is 24.3 Å². The maximum Gasteiger partial charge on any atom is 0.472 e. The first-order valence-electron chi connectivity index (χ1n) is 25.3. The summed E-state index contributed by atoms with van der Waals surface area (Å²) in [5.74, 6) is -0.868. The van der Waals surface area contributed by atoms with Crippen LogP contribution in [-0.2, 0) is 32.7 Å². The van der Waals surface area contributed by atoms with Crippen LogP contribution in [0.5, 0.6) is 0 Å². The number of unbranched alkanes of at least 4 members (excludes halogenated alkanes) is 31. The number of allylic oxidation sites excluding steroid dienone is 4. The molecule has 0 heterocycles. The molecule has 0 bridgehead atoms. The highest BCUT2D eigenvalue weighted by Gasteiger charge is 2.26. The maximum atomic E-state index is 12.6. The van der Waals surface area contributed by atoms with Crippen LogP contribution in [0.25, 0.3) is 0 Å². The Morgan fingerprint density at radius 1 is 0.500 bits per heavy atom. The smallest absolute Gasteiger partial charge is 0.462 e. The molecule has 0 rings (SSSR count). The Kier molecular flexibility index (Phi) is 45.8. The van der Waals surface area contributed by atoms with Crippen molar-refractivity contribution >= 4 is 19.8 Å². The Morgan fingerprint density at radius 2 is 0.883 bits per heavy atom. The molecule has 0 saturated carbocycles. The molecule has 0 aliphatic heterocycles. The number of rotatable bonds is 48. The molecule has 0 aromatic heterocycles. The first-order valence-corrected chi connectivity index (χ1v) is 26.8. The summed E-state index contributed by atoms with van der Waals surface area (Å²) in [6.07, 6.45) is 52.3. The summed E-state index contributed by atoms with van der Waals surface area (Å²) in [7, 11) is -4.39. The molecule has 1 unspecified atom stereocenters. The molecule has 0 fully saturated rings. The SMILES string of the molecule is CCCCCCCCCCC/C=C/C/C=C/CCCC(=O)OC[C@H](COP(=O)(O)OCCN)OC(=O)CCCCCCCCCCCCCCCCCCCCCCCC. The second kappa shape index (κ2) is 47.0. The molecule has 0 aromatic carbocycles. The lowest BCUT2D eigenvalue weighted by molar-refractivity contribution is -0.161. The van der Waals surface area contributed by atoms with Crippen LogP contribution in [0.15, 0.2) is 24.3 Å². The van der Waals surface area contributed by atoms with Gasteiger partial charge in [-0.3, -0.25) is 18.6 Å². The summed E-state index contributed by atoms with van der Waals surface area (Å²) >= 11 is 0. The van der Waals surface area contributed by atoms with E-state index in [1.807, 2.05) is 0 Å². The third-order valence-electron chi connectivity index (χ3n) is 11.1. The molecule has 10 heteroatoms. The summed E-state index contributed by atoms with van der Waals surface area (Å²) in [6.45, 7) is 3.73. The minimum atomic E-state index is -4.39. The van der Waals surface area contributed by atoms with Crippen LogP contribution in [0.1, 0.15) is 251 Å². The van der Waals surface area contributed by atoms with Gasteiger partial charge in [-0.25, -0.2) is 4.57 Å². The van der Waals surface area contributed by atoms with Gasteiger partial charge in [-0.2, -0.15) is 0 Å². The molecule has 0 spiro atoms. The Balaban J connectivity index is 4.06. The summed E-state index contributed by atoms with van der Waals surface area (Å²) in [5, 5.41) is 0. The molecule has 2 atom stereocenters. The molecule has 0 aliphatic carbocycles. The van der Waals surface area contributed by atoms with Gasteiger partial charge in [0.05, 0.1) is 13.2 Å². The van der Waals surface area contributed by atoms with Gasteiger partial charge < -0.3 is 20.1 Å². The molecule has 3 N–H and O–H groups in total. The van der Waals surface area contributed by atoms with Gasteiger partial charge in [0.25, 0.3) is 0 Å². The molecule has 0 radical (unpaired) electrons. The summed E-state index contributed by atoms with van der Waals surface area (Å²) in [5.41, 5.74) is 5.36. The lowest BCUT2D eigenvalue weighted by Crippen LogP contribution is -2.29. The van der Waals surface area contributed by atoms with E-state index in [0.29, 0.717) is 12.8 Å². The maximum absolute atomic E-state index is 12.6. The third-order valence-corrected chi connectivity index (χ3v) is 12.1. The molecular weight excluding hydrogens is 774 g/mol. The van der Waals surface area contributed by atoms with E-state index in [-0.39, 0.29) is 32.6 Å². The second-order valence-electron chi connectivity index (χ2n) is 17.0. The first kappa shape index (κ1) is 58.5. The van der Waals surface area contributed by atoms with E-state index in [1.54, 1.807) is 0 Å². The van der Waals surface area contributed by atoms with Crippen molar-refractivity contribution in [2.75, 3.05) is 26.4 Å². The number of phosphoric acid groups is 1. The number of esters is 2. The van der Waals surface area contributed by atoms with E-state index in [0.717, 1.165) is 32.1 Å². The summed E-state index contributed by atoms with van der Waals surface area (Å²) in [4.78, 5) is 35.0. The van der Waals surface area contributed by atoms with E-state index in [1.165, 1.54) is 180 Å². The van der Waals surface area contributed by atoms with Gasteiger partial charge in [-0.15, -0.1) is 0 Å². The monoisotopic (exact) mass is 870 g/mol. The normalized spacial score (nSPS) is 13.3. The fourth-order valence-electron chi connectivity index (χ4n) is 7.32. The minimum Gasteiger partial charge on any atom is -0.462 e. The number of hydrogen-bond donors (Lipinski definition) is 2. The van der Waals surface area contributed by atoms with E-state index in [9.17, 15) is 19.0 Å². The van der Waals surface area contributed by atoms with E-state index in [2.05, 4.69) is 38.2 Å². The number of carbonyl (C=O) groups is 2. The molecule has 60 heavy (non-hydrogen) atoms. The number of carbonyl (C=O) groups excluding carboxylic acids is 2. The topological polar surface area (TPSA) is 134 Å². The van der Waals surface area contributed by atoms with Crippen LogP contribution in [-0.4, -0.2) is 49.3 Å². The van der Waals surface area contributed by atoms with Gasteiger partial charge >= 0.3 is 19.8 Å². The molecule has 0 saturated heterocycles. The number of ether oxygens (including phenoxy) is 2. The third kappa shape index (κ3) is 46.0. The zero-order valence-electron chi connectivity index (χ0n) is 39.2. The van der Waals surface area contributed by atoms with Crippen molar-refractivity contribution < 1.29 is 37.6 Å². The van der Waals surface area contributed by atoms with Crippen LogP contribution in [0.4, 0.5) is 0 Å². The number of nitrogens with two attached hydrogens (primary N) is 1. The van der Waals surface area contributed by atoms with Gasteiger partial charge in [0, 0.05) is 19.4 Å². The van der Waals surface area contributed by atoms with Crippen molar-refractivity contribution in [1.29, 1.82) is 0 Å². The zero-order valence-corrected chi connectivity index (χ0v) is 40.1. The Labute approximate surface area is 370 Å². The highest BCUT2D eigenvalue weighted by molar-refractivity contribution is 7.47. The average Bonchev–Trinajstić information content (AvgIpc) is 3.24. The predicted molar refractivity (Wildman–Crippen MR) is 252 cm³/mol. The summed E-state index contributed by atoms with van der Waals surface area (Å²) < 4.78 is 32.9. The minimum absolute atomic E-state index is 0.0504. The van der Waals surface area contributed by atoms with Crippen molar-refractivity contribution in [3.05, 3.63) is 24.3 Å². The van der Waals surface area contributed by atoms with Crippen molar-refractivity contribution in [3.63, 3.8) is 0 Å². The Morgan fingerprint density at radius 3 is 1.32 bits per heavy atom. The molecule has 0 aliphatic rings. The molecule has 354 valence electrons. The van der Waals surface area contributed by atoms with Crippen molar-refractivity contribution in [2.45, 2.75) is 258 Å². The van der Waals surface area contributed by atoms with Crippen molar-refractivity contribution in [1.82, 2.24) is 0 Å². The summed E-state index contributed by atoms with van der Waals surface area (Å²) in [6, 6.07) is 0.